The van der Waals surface area contributed by atoms with E-state index in [4.69, 9.17) is 4.55 Å². The van der Waals surface area contributed by atoms with Crippen molar-refractivity contribution in [3.05, 3.63) is 0 Å². The van der Waals surface area contributed by atoms with Crippen molar-refractivity contribution in [3.8, 4) is 0 Å². The normalized spacial score (nSPS) is 21.6. The van der Waals surface area contributed by atoms with Gasteiger partial charge < -0.3 is 20.6 Å². The molecule has 0 amide bonds. The fourth-order valence-electron chi connectivity index (χ4n) is 1.89. The van der Waals surface area contributed by atoms with Crippen LogP contribution >= 0.6 is 0 Å². The SMILES string of the molecule is CC(O)C(NCCS(=O)(=O)O)(C(C)O)C(C)O. The van der Waals surface area contributed by atoms with E-state index in [0.29, 0.717) is 0 Å². The Labute approximate surface area is 101 Å². The van der Waals surface area contributed by atoms with E-state index in [-0.39, 0.29) is 6.54 Å². The molecule has 0 fully saturated rings. The van der Waals surface area contributed by atoms with E-state index in [0.717, 1.165) is 0 Å². The number of rotatable bonds is 7. The Hall–Kier alpha value is -0.250. The van der Waals surface area contributed by atoms with E-state index in [1.807, 2.05) is 0 Å². The molecule has 0 aliphatic heterocycles. The summed E-state index contributed by atoms with van der Waals surface area (Å²) in [6.45, 7) is 3.93. The second-order valence-electron chi connectivity index (χ2n) is 4.17. The molecule has 0 aliphatic carbocycles. The first-order chi connectivity index (χ1) is 7.54. The van der Waals surface area contributed by atoms with Crippen LogP contribution in [-0.4, -0.2) is 64.4 Å². The Morgan fingerprint density at radius 1 is 1.06 bits per heavy atom. The smallest absolute Gasteiger partial charge is 0.266 e. The maximum Gasteiger partial charge on any atom is 0.266 e. The van der Waals surface area contributed by atoms with Gasteiger partial charge in [0.1, 0.15) is 0 Å². The molecule has 0 aromatic rings. The summed E-state index contributed by atoms with van der Waals surface area (Å²) in [5.41, 5.74) is -1.44. The molecule has 104 valence electrons. The predicted octanol–water partition coefficient (Wildman–Crippen LogP) is -1.65. The predicted molar refractivity (Wildman–Crippen MR) is 62.2 cm³/mol. The largest absolute Gasteiger partial charge is 0.391 e. The van der Waals surface area contributed by atoms with Gasteiger partial charge in [-0.1, -0.05) is 0 Å². The average molecular weight is 271 g/mol. The molecule has 0 bridgehead atoms. The molecular weight excluding hydrogens is 250 g/mol. The third-order valence-electron chi connectivity index (χ3n) is 2.87. The Kier molecular flexibility index (Phi) is 5.99. The molecule has 0 rings (SSSR count). The van der Waals surface area contributed by atoms with Gasteiger partial charge in [-0.05, 0) is 20.8 Å². The topological polar surface area (TPSA) is 127 Å². The maximum absolute atomic E-state index is 10.6. The molecule has 0 saturated carbocycles. The molecule has 0 spiro atoms. The molecule has 0 aromatic carbocycles. The molecule has 0 aliphatic rings. The van der Waals surface area contributed by atoms with Crippen LogP contribution in [0.15, 0.2) is 0 Å². The van der Waals surface area contributed by atoms with Gasteiger partial charge in [0.25, 0.3) is 10.1 Å². The van der Waals surface area contributed by atoms with Gasteiger partial charge in [0, 0.05) is 6.54 Å². The Balaban J connectivity index is 4.83. The van der Waals surface area contributed by atoms with Crippen molar-refractivity contribution in [2.45, 2.75) is 44.6 Å². The van der Waals surface area contributed by atoms with E-state index in [1.165, 1.54) is 20.8 Å². The summed E-state index contributed by atoms with van der Waals surface area (Å²) < 4.78 is 29.7. The van der Waals surface area contributed by atoms with E-state index < -0.39 is 39.7 Å². The van der Waals surface area contributed by atoms with Crippen molar-refractivity contribution < 1.29 is 28.3 Å². The van der Waals surface area contributed by atoms with E-state index in [1.54, 1.807) is 0 Å². The number of hydrogen-bond donors (Lipinski definition) is 5. The molecule has 3 unspecified atom stereocenters. The summed E-state index contributed by atoms with van der Waals surface area (Å²) in [4.78, 5) is 0. The Bertz CT molecular complexity index is 303. The second kappa shape index (κ2) is 6.07. The third kappa shape index (κ3) is 4.49. The zero-order valence-corrected chi connectivity index (χ0v) is 11.0. The minimum atomic E-state index is -4.13. The molecule has 5 N–H and O–H groups in total. The molecule has 0 radical (unpaired) electrons. The van der Waals surface area contributed by atoms with Gasteiger partial charge in [-0.25, -0.2) is 0 Å². The molecule has 0 heterocycles. The monoisotopic (exact) mass is 271 g/mol. The zero-order chi connectivity index (χ0) is 13.9. The number of hydrogen-bond acceptors (Lipinski definition) is 6. The summed E-state index contributed by atoms with van der Waals surface area (Å²) in [5.74, 6) is -0.569. The lowest BCUT2D eigenvalue weighted by molar-refractivity contribution is -0.0799. The zero-order valence-electron chi connectivity index (χ0n) is 10.2. The highest BCUT2D eigenvalue weighted by molar-refractivity contribution is 7.85. The third-order valence-corrected chi connectivity index (χ3v) is 3.59. The first-order valence-corrected chi connectivity index (χ1v) is 6.89. The van der Waals surface area contributed by atoms with Crippen LogP contribution in [0.2, 0.25) is 0 Å². The first kappa shape index (κ1) is 16.8. The summed E-state index contributed by atoms with van der Waals surface area (Å²) in [5, 5.41) is 31.5. The van der Waals surface area contributed by atoms with Crippen molar-refractivity contribution in [2.24, 2.45) is 0 Å². The van der Waals surface area contributed by atoms with Gasteiger partial charge in [-0.2, -0.15) is 8.42 Å². The molecule has 0 aromatic heterocycles. The molecular formula is C9H21NO6S. The van der Waals surface area contributed by atoms with Crippen molar-refractivity contribution >= 4 is 10.1 Å². The quantitative estimate of drug-likeness (QED) is 0.351. The van der Waals surface area contributed by atoms with E-state index in [2.05, 4.69) is 5.32 Å². The summed E-state index contributed by atoms with van der Waals surface area (Å²) in [6.07, 6.45) is -3.32. The van der Waals surface area contributed by atoms with Crippen LogP contribution in [0.25, 0.3) is 0 Å². The number of nitrogens with one attached hydrogen (secondary N) is 1. The fourth-order valence-corrected chi connectivity index (χ4v) is 2.25. The Morgan fingerprint density at radius 3 is 1.65 bits per heavy atom. The highest BCUT2D eigenvalue weighted by Crippen LogP contribution is 2.21. The van der Waals surface area contributed by atoms with Crippen LogP contribution in [-0.2, 0) is 10.1 Å². The second-order valence-corrected chi connectivity index (χ2v) is 5.75. The maximum atomic E-state index is 10.6. The lowest BCUT2D eigenvalue weighted by Crippen LogP contribution is -2.67. The molecule has 3 atom stereocenters. The van der Waals surface area contributed by atoms with Crippen molar-refractivity contribution in [1.29, 1.82) is 0 Å². The summed E-state index contributed by atoms with van der Waals surface area (Å²) >= 11 is 0. The molecule has 0 saturated heterocycles. The lowest BCUT2D eigenvalue weighted by atomic mass is 9.82. The number of aliphatic hydroxyl groups is 3. The standard InChI is InChI=1S/C9H21NO6S/c1-6(11)9(7(2)12,8(3)13)10-4-5-17(14,15)16/h6-8,10-13H,4-5H2,1-3H3,(H,14,15,16). The van der Waals surface area contributed by atoms with Gasteiger partial charge in [-0.3, -0.25) is 4.55 Å². The van der Waals surface area contributed by atoms with Gasteiger partial charge in [0.2, 0.25) is 0 Å². The van der Waals surface area contributed by atoms with Gasteiger partial charge in [-0.15, -0.1) is 0 Å². The minimum absolute atomic E-state index is 0.195. The van der Waals surface area contributed by atoms with Crippen molar-refractivity contribution in [2.75, 3.05) is 12.3 Å². The average Bonchev–Trinajstić information content (AvgIpc) is 2.08. The Morgan fingerprint density at radius 2 is 1.41 bits per heavy atom. The van der Waals surface area contributed by atoms with Crippen molar-refractivity contribution in [3.63, 3.8) is 0 Å². The van der Waals surface area contributed by atoms with Crippen LogP contribution < -0.4 is 5.32 Å². The summed E-state index contributed by atoms with van der Waals surface area (Å²) in [6, 6.07) is 0. The van der Waals surface area contributed by atoms with Gasteiger partial charge in [0.15, 0.2) is 0 Å². The molecule has 8 heteroatoms. The van der Waals surface area contributed by atoms with Crippen LogP contribution in [0.5, 0.6) is 0 Å². The molecule has 7 nitrogen and oxygen atoms in total. The highest BCUT2D eigenvalue weighted by atomic mass is 32.2. The van der Waals surface area contributed by atoms with Crippen molar-refractivity contribution in [1.82, 2.24) is 5.32 Å². The van der Waals surface area contributed by atoms with E-state index in [9.17, 15) is 23.7 Å². The van der Waals surface area contributed by atoms with Crippen LogP contribution in [0.4, 0.5) is 0 Å². The lowest BCUT2D eigenvalue weighted by Gasteiger charge is -2.42. The fraction of sp³-hybridized carbons (Fsp3) is 1.00. The highest BCUT2D eigenvalue weighted by Gasteiger charge is 2.44. The summed E-state index contributed by atoms with van der Waals surface area (Å²) in [7, 11) is -4.13. The molecule has 17 heavy (non-hydrogen) atoms. The first-order valence-electron chi connectivity index (χ1n) is 5.28. The van der Waals surface area contributed by atoms with Gasteiger partial charge >= 0.3 is 0 Å². The van der Waals surface area contributed by atoms with Crippen LogP contribution in [0, 0.1) is 0 Å². The van der Waals surface area contributed by atoms with Gasteiger partial charge in [0.05, 0.1) is 29.6 Å². The van der Waals surface area contributed by atoms with Crippen LogP contribution in [0.1, 0.15) is 20.8 Å². The van der Waals surface area contributed by atoms with Crippen LogP contribution in [0.3, 0.4) is 0 Å². The number of aliphatic hydroxyl groups excluding tert-OH is 3. The minimum Gasteiger partial charge on any atom is -0.391 e. The van der Waals surface area contributed by atoms with E-state index >= 15 is 0 Å².